The van der Waals surface area contributed by atoms with E-state index in [4.69, 9.17) is 28.9 Å². The van der Waals surface area contributed by atoms with Crippen molar-refractivity contribution in [1.29, 1.82) is 0 Å². The van der Waals surface area contributed by atoms with Gasteiger partial charge >= 0.3 is 0 Å². The first-order valence-electron chi connectivity index (χ1n) is 5.25. The number of aliphatic hydroxyl groups excluding tert-OH is 1. The van der Waals surface area contributed by atoms with Gasteiger partial charge in [0.1, 0.15) is 5.82 Å². The molecule has 1 aromatic heterocycles. The lowest BCUT2D eigenvalue weighted by atomic mass is 10.3. The van der Waals surface area contributed by atoms with Gasteiger partial charge in [0.15, 0.2) is 4.77 Å². The monoisotopic (exact) mass is 269 g/mol. The number of aromatic nitrogens is 3. The molecule has 2 rings (SSSR count). The first-order chi connectivity index (χ1) is 8.22. The van der Waals surface area contributed by atoms with Crippen LogP contribution in [0.25, 0.3) is 5.69 Å². The predicted molar refractivity (Wildman–Crippen MR) is 69.2 cm³/mol. The lowest BCUT2D eigenvalue weighted by molar-refractivity contribution is 0.287. The minimum atomic E-state index is 0.139. The average molecular weight is 270 g/mol. The number of aryl methyl sites for hydroxylation is 1. The topological polar surface area (TPSA) is 53.8 Å². The van der Waals surface area contributed by atoms with E-state index in [2.05, 4.69) is 10.2 Å². The van der Waals surface area contributed by atoms with Crippen LogP contribution in [0.15, 0.2) is 24.3 Å². The van der Waals surface area contributed by atoms with E-state index in [-0.39, 0.29) is 6.61 Å². The van der Waals surface area contributed by atoms with Gasteiger partial charge in [0.05, 0.1) is 0 Å². The number of aromatic amines is 1. The molecule has 4 nitrogen and oxygen atoms in total. The number of benzene rings is 1. The molecule has 2 aromatic rings. The summed E-state index contributed by atoms with van der Waals surface area (Å²) in [7, 11) is 0. The van der Waals surface area contributed by atoms with Crippen molar-refractivity contribution in [2.45, 2.75) is 12.8 Å². The van der Waals surface area contributed by atoms with E-state index in [0.29, 0.717) is 22.6 Å². The summed E-state index contributed by atoms with van der Waals surface area (Å²) in [6.45, 7) is 0.139. The predicted octanol–water partition coefficient (Wildman–Crippen LogP) is 2.51. The normalized spacial score (nSPS) is 10.7. The lowest BCUT2D eigenvalue weighted by Gasteiger charge is -2.06. The van der Waals surface area contributed by atoms with Crippen LogP contribution in [0.4, 0.5) is 0 Å². The van der Waals surface area contributed by atoms with Gasteiger partial charge in [-0.05, 0) is 42.9 Å². The van der Waals surface area contributed by atoms with E-state index in [0.717, 1.165) is 11.5 Å². The van der Waals surface area contributed by atoms with Crippen molar-refractivity contribution in [3.8, 4) is 5.69 Å². The SMILES string of the molecule is OCCCc1n[nH]c(=S)n1-c1ccc(Cl)cc1. The lowest BCUT2D eigenvalue weighted by Crippen LogP contribution is -2.02. The summed E-state index contributed by atoms with van der Waals surface area (Å²) in [6.07, 6.45) is 1.33. The van der Waals surface area contributed by atoms with Gasteiger partial charge < -0.3 is 5.11 Å². The number of nitrogens with zero attached hydrogens (tertiary/aromatic N) is 2. The number of halogens is 1. The molecular weight excluding hydrogens is 258 g/mol. The van der Waals surface area contributed by atoms with Crippen molar-refractivity contribution in [2.75, 3.05) is 6.61 Å². The number of hydrogen-bond donors (Lipinski definition) is 2. The van der Waals surface area contributed by atoms with Crippen molar-refractivity contribution in [3.05, 3.63) is 39.9 Å². The molecule has 0 atom stereocenters. The van der Waals surface area contributed by atoms with Crippen molar-refractivity contribution >= 4 is 23.8 Å². The van der Waals surface area contributed by atoms with Gasteiger partial charge in [0.2, 0.25) is 0 Å². The Hall–Kier alpha value is -1.17. The second-order valence-electron chi connectivity index (χ2n) is 3.58. The molecule has 0 aliphatic carbocycles. The molecule has 0 unspecified atom stereocenters. The minimum absolute atomic E-state index is 0.139. The van der Waals surface area contributed by atoms with E-state index in [9.17, 15) is 0 Å². The second kappa shape index (κ2) is 5.44. The molecule has 0 aliphatic rings. The fourth-order valence-electron chi connectivity index (χ4n) is 1.59. The van der Waals surface area contributed by atoms with Crippen molar-refractivity contribution in [3.63, 3.8) is 0 Å². The van der Waals surface area contributed by atoms with E-state index in [1.54, 1.807) is 0 Å². The molecule has 17 heavy (non-hydrogen) atoms. The fraction of sp³-hybridized carbons (Fsp3) is 0.273. The fourth-order valence-corrected chi connectivity index (χ4v) is 1.97. The largest absolute Gasteiger partial charge is 0.396 e. The standard InChI is InChI=1S/C11H12ClN3OS/c12-8-3-5-9(6-4-8)15-10(2-1-7-16)13-14-11(15)17/h3-6,16H,1-2,7H2,(H,14,17). The molecule has 1 heterocycles. The zero-order chi connectivity index (χ0) is 12.3. The van der Waals surface area contributed by atoms with Crippen LogP contribution >= 0.6 is 23.8 Å². The van der Waals surface area contributed by atoms with E-state index in [1.165, 1.54) is 0 Å². The van der Waals surface area contributed by atoms with E-state index < -0.39 is 0 Å². The maximum atomic E-state index is 8.84. The Morgan fingerprint density at radius 3 is 2.71 bits per heavy atom. The number of rotatable bonds is 4. The van der Waals surface area contributed by atoms with Gasteiger partial charge in [-0.3, -0.25) is 9.67 Å². The summed E-state index contributed by atoms with van der Waals surface area (Å²) in [5.74, 6) is 0.811. The highest BCUT2D eigenvalue weighted by atomic mass is 35.5. The summed E-state index contributed by atoms with van der Waals surface area (Å²) in [5.41, 5.74) is 0.918. The molecule has 0 saturated carbocycles. The highest BCUT2D eigenvalue weighted by molar-refractivity contribution is 7.71. The molecule has 0 spiro atoms. The number of nitrogens with one attached hydrogen (secondary N) is 1. The summed E-state index contributed by atoms with van der Waals surface area (Å²) >= 11 is 11.0. The Labute approximate surface area is 109 Å². The van der Waals surface area contributed by atoms with Gasteiger partial charge in [-0.25, -0.2) is 0 Å². The maximum Gasteiger partial charge on any atom is 0.199 e. The highest BCUT2D eigenvalue weighted by Crippen LogP contribution is 2.15. The first-order valence-corrected chi connectivity index (χ1v) is 6.04. The van der Waals surface area contributed by atoms with Gasteiger partial charge in [-0.2, -0.15) is 5.10 Å². The van der Waals surface area contributed by atoms with Gasteiger partial charge in [-0.15, -0.1) is 0 Å². The van der Waals surface area contributed by atoms with Crippen molar-refractivity contribution < 1.29 is 5.11 Å². The molecule has 0 amide bonds. The summed E-state index contributed by atoms with van der Waals surface area (Å²) in [4.78, 5) is 0. The van der Waals surface area contributed by atoms with Crippen LogP contribution in [0.2, 0.25) is 5.02 Å². The van der Waals surface area contributed by atoms with Crippen LogP contribution in [0, 0.1) is 4.77 Å². The van der Waals surface area contributed by atoms with Crippen LogP contribution < -0.4 is 0 Å². The maximum absolute atomic E-state index is 8.84. The van der Waals surface area contributed by atoms with Crippen molar-refractivity contribution in [1.82, 2.24) is 14.8 Å². The third kappa shape index (κ3) is 2.74. The zero-order valence-electron chi connectivity index (χ0n) is 9.06. The summed E-state index contributed by atoms with van der Waals surface area (Å²) in [6, 6.07) is 7.38. The Balaban J connectivity index is 2.39. The molecule has 2 N–H and O–H groups in total. The number of hydrogen-bond acceptors (Lipinski definition) is 3. The van der Waals surface area contributed by atoms with Crippen LogP contribution in [0.1, 0.15) is 12.2 Å². The molecule has 0 radical (unpaired) electrons. The van der Waals surface area contributed by atoms with Crippen LogP contribution in [-0.4, -0.2) is 26.5 Å². The molecule has 0 bridgehead atoms. The van der Waals surface area contributed by atoms with Gasteiger partial charge in [-0.1, -0.05) is 11.6 Å². The third-order valence-corrected chi connectivity index (χ3v) is 2.91. The molecule has 0 aliphatic heterocycles. The number of aliphatic hydroxyl groups is 1. The first kappa shape index (κ1) is 12.3. The molecule has 0 saturated heterocycles. The Morgan fingerprint density at radius 2 is 2.06 bits per heavy atom. The third-order valence-electron chi connectivity index (χ3n) is 2.39. The highest BCUT2D eigenvalue weighted by Gasteiger charge is 2.07. The Kier molecular flexibility index (Phi) is 3.93. The molecule has 90 valence electrons. The quantitative estimate of drug-likeness (QED) is 0.839. The summed E-state index contributed by atoms with van der Waals surface area (Å²) in [5, 5.41) is 16.4. The number of H-pyrrole nitrogens is 1. The zero-order valence-corrected chi connectivity index (χ0v) is 10.6. The van der Waals surface area contributed by atoms with Crippen LogP contribution in [0.5, 0.6) is 0 Å². The summed E-state index contributed by atoms with van der Waals surface area (Å²) < 4.78 is 2.39. The smallest absolute Gasteiger partial charge is 0.199 e. The van der Waals surface area contributed by atoms with E-state index in [1.807, 2.05) is 28.8 Å². The molecule has 6 heteroatoms. The Bertz CT molecular complexity index is 547. The van der Waals surface area contributed by atoms with Gasteiger partial charge in [0, 0.05) is 23.7 Å². The van der Waals surface area contributed by atoms with Crippen LogP contribution in [-0.2, 0) is 6.42 Å². The van der Waals surface area contributed by atoms with E-state index >= 15 is 0 Å². The van der Waals surface area contributed by atoms with Crippen molar-refractivity contribution in [2.24, 2.45) is 0 Å². The van der Waals surface area contributed by atoms with Crippen LogP contribution in [0.3, 0.4) is 0 Å². The molecule has 1 aromatic carbocycles. The second-order valence-corrected chi connectivity index (χ2v) is 4.41. The Morgan fingerprint density at radius 1 is 1.35 bits per heavy atom. The van der Waals surface area contributed by atoms with Gasteiger partial charge in [0.25, 0.3) is 0 Å². The molecular formula is C11H12ClN3OS. The minimum Gasteiger partial charge on any atom is -0.396 e. The molecule has 0 fully saturated rings. The average Bonchev–Trinajstić information content (AvgIpc) is 2.69.